The Hall–Kier alpha value is -0.699. The Balaban J connectivity index is 0.00000131. The zero-order valence-corrected chi connectivity index (χ0v) is 21.4. The minimum Gasteiger partial charge on any atom is -1.00 e. The Labute approximate surface area is 197 Å². The summed E-state index contributed by atoms with van der Waals surface area (Å²) in [5.74, 6) is 0.497. The van der Waals surface area contributed by atoms with Crippen LogP contribution in [0.25, 0.3) is 11.6 Å². The summed E-state index contributed by atoms with van der Waals surface area (Å²) in [4.78, 5) is 1.55. The molecule has 143 valence electrons. The predicted molar refractivity (Wildman–Crippen MR) is 109 cm³/mol. The molecule has 2 aromatic carbocycles. The summed E-state index contributed by atoms with van der Waals surface area (Å²) in [6, 6.07) is 13.4. The molecule has 0 bridgehead atoms. The molecule has 0 aromatic heterocycles. The van der Waals surface area contributed by atoms with Gasteiger partial charge in [-0.15, -0.1) is 33.4 Å². The van der Waals surface area contributed by atoms with Crippen molar-refractivity contribution in [3.63, 3.8) is 0 Å². The van der Waals surface area contributed by atoms with Crippen LogP contribution in [0, 0.1) is 21.2 Å². The average Bonchev–Trinajstić information content (AvgIpc) is 3.06. The van der Waals surface area contributed by atoms with Crippen molar-refractivity contribution in [3.05, 3.63) is 84.7 Å². The number of hydrogen-bond donors (Lipinski definition) is 0. The summed E-state index contributed by atoms with van der Waals surface area (Å²) in [5.41, 5.74) is 8.81. The third kappa shape index (κ3) is 3.73. The quantitative estimate of drug-likeness (QED) is 0.335. The van der Waals surface area contributed by atoms with Crippen LogP contribution in [0.1, 0.15) is 38.8 Å². The van der Waals surface area contributed by atoms with Crippen LogP contribution in [-0.4, -0.2) is 8.41 Å². The number of benzene rings is 2. The van der Waals surface area contributed by atoms with Crippen molar-refractivity contribution in [3.8, 4) is 0 Å². The van der Waals surface area contributed by atoms with Crippen molar-refractivity contribution in [2.24, 2.45) is 5.92 Å². The first-order valence-electron chi connectivity index (χ1n) is 9.14. The van der Waals surface area contributed by atoms with Crippen molar-refractivity contribution in [1.29, 1.82) is 0 Å². The van der Waals surface area contributed by atoms with E-state index in [1.54, 1.807) is 4.81 Å². The average molecular weight is 460 g/mol. The summed E-state index contributed by atoms with van der Waals surface area (Å²) in [6.45, 7) is 14.1. The SMILES string of the molecule is CC1=C(C)C(C)C(c2c3c(ccc2=[Si](C)C)=c2ccccc2=[C-]3)=C1C.[Cl-].[Cl-].[Ti+3]. The maximum Gasteiger partial charge on any atom is 3.00 e. The van der Waals surface area contributed by atoms with E-state index in [4.69, 9.17) is 0 Å². The molecule has 1 atom stereocenters. The predicted octanol–water partition coefficient (Wildman–Crippen LogP) is -0.655. The summed E-state index contributed by atoms with van der Waals surface area (Å²) >= 11 is 0. The van der Waals surface area contributed by atoms with E-state index in [-0.39, 0.29) is 46.5 Å². The largest absolute Gasteiger partial charge is 3.00 e. The maximum atomic E-state index is 3.75. The van der Waals surface area contributed by atoms with Crippen LogP contribution < -0.4 is 30.0 Å². The first-order valence-corrected chi connectivity index (χ1v) is 11.6. The topological polar surface area (TPSA) is 0 Å². The number of rotatable bonds is 1. The van der Waals surface area contributed by atoms with Gasteiger partial charge in [0.25, 0.3) is 0 Å². The third-order valence-electron chi connectivity index (χ3n) is 6.13. The Morgan fingerprint density at radius 1 is 0.857 bits per heavy atom. The Kier molecular flexibility index (Phi) is 8.51. The molecule has 0 amide bonds. The van der Waals surface area contributed by atoms with Crippen molar-refractivity contribution >= 4 is 20.1 Å². The molecule has 2 aliphatic rings. The maximum absolute atomic E-state index is 3.75. The zero-order valence-electron chi connectivity index (χ0n) is 17.3. The van der Waals surface area contributed by atoms with Gasteiger partial charge in [-0.25, -0.2) is 0 Å². The van der Waals surface area contributed by atoms with Crippen LogP contribution in [0.15, 0.2) is 53.1 Å². The van der Waals surface area contributed by atoms with Gasteiger partial charge in [0.15, 0.2) is 0 Å². The second-order valence-corrected chi connectivity index (χ2v) is 10.2. The Morgan fingerprint density at radius 2 is 1.50 bits per heavy atom. The molecule has 0 aliphatic heterocycles. The molecule has 0 nitrogen and oxygen atoms in total. The third-order valence-corrected chi connectivity index (χ3v) is 7.62. The second kappa shape index (κ2) is 9.41. The number of hydrogen-bond acceptors (Lipinski definition) is 0. The standard InChI is InChI=1S/C24H25Si.2ClH.Ti/c1-14-15(2)17(4)23(16(14)3)24-21-13-18-9-7-8-10-19(18)20(21)11-12-22(24)25(5)6;;;/h7-12,16H,1-6H3;2*1H;/q-1;;;+3/p-2. The normalized spacial score (nSPS) is 16.4. The van der Waals surface area contributed by atoms with Gasteiger partial charge in [-0.3, -0.25) is 0 Å². The number of halogens is 2. The van der Waals surface area contributed by atoms with Crippen LogP contribution in [0.4, 0.5) is 0 Å². The zero-order chi connectivity index (χ0) is 17.9. The molecule has 1 radical (unpaired) electrons. The molecule has 2 aliphatic carbocycles. The van der Waals surface area contributed by atoms with Gasteiger partial charge in [-0.05, 0) is 32.3 Å². The van der Waals surface area contributed by atoms with E-state index in [2.05, 4.69) is 83.3 Å². The molecule has 0 saturated heterocycles. The van der Waals surface area contributed by atoms with E-state index in [9.17, 15) is 0 Å². The molecule has 2 aromatic rings. The van der Waals surface area contributed by atoms with Gasteiger partial charge >= 0.3 is 21.7 Å². The fourth-order valence-corrected chi connectivity index (χ4v) is 5.56. The molecule has 0 heterocycles. The molecule has 4 heteroatoms. The second-order valence-electron chi connectivity index (χ2n) is 7.65. The first-order chi connectivity index (χ1) is 11.9. The minimum atomic E-state index is -0.559. The van der Waals surface area contributed by atoms with E-state index in [1.807, 2.05) is 0 Å². The van der Waals surface area contributed by atoms with Gasteiger partial charge in [0.05, 0.1) is 0 Å². The molecule has 28 heavy (non-hydrogen) atoms. The molecule has 0 N–H and O–H groups in total. The number of allylic oxidation sites excluding steroid dienone is 4. The van der Waals surface area contributed by atoms with Gasteiger partial charge in [0.1, 0.15) is 0 Å². The fraction of sp³-hybridized carbons (Fsp3) is 0.292. The Morgan fingerprint density at radius 3 is 2.07 bits per heavy atom. The van der Waals surface area contributed by atoms with Crippen molar-refractivity contribution < 1.29 is 46.5 Å². The van der Waals surface area contributed by atoms with Gasteiger partial charge in [0, 0.05) is 8.41 Å². The van der Waals surface area contributed by atoms with Gasteiger partial charge in [-0.2, -0.15) is 0 Å². The van der Waals surface area contributed by atoms with Crippen LogP contribution in [0.2, 0.25) is 13.1 Å². The molecule has 0 fully saturated rings. The molecular weight excluding hydrogens is 435 g/mol. The van der Waals surface area contributed by atoms with Crippen molar-refractivity contribution in [2.45, 2.75) is 40.8 Å². The van der Waals surface area contributed by atoms with Crippen LogP contribution in [-0.2, 0) is 21.7 Å². The fourth-order valence-electron chi connectivity index (χ4n) is 4.38. The summed E-state index contributed by atoms with van der Waals surface area (Å²) in [7, 11) is -0.559. The molecule has 4 rings (SSSR count). The number of fused-ring (bicyclic) bond motifs is 2. The van der Waals surface area contributed by atoms with Crippen LogP contribution in [0.3, 0.4) is 0 Å². The van der Waals surface area contributed by atoms with E-state index in [1.165, 1.54) is 49.1 Å². The smallest absolute Gasteiger partial charge is 1.00 e. The Bertz CT molecular complexity index is 1200. The van der Waals surface area contributed by atoms with Gasteiger partial charge in [0.2, 0.25) is 0 Å². The van der Waals surface area contributed by atoms with E-state index >= 15 is 0 Å². The van der Waals surface area contributed by atoms with Crippen molar-refractivity contribution in [1.82, 2.24) is 0 Å². The van der Waals surface area contributed by atoms with E-state index in [0.29, 0.717) is 5.92 Å². The van der Waals surface area contributed by atoms with E-state index in [0.717, 1.165) is 0 Å². The first kappa shape index (κ1) is 25.3. The monoisotopic (exact) mass is 459 g/mol. The van der Waals surface area contributed by atoms with Crippen molar-refractivity contribution in [2.75, 3.05) is 0 Å². The molecular formula is C24H25Cl2SiTi. The minimum absolute atomic E-state index is 0. The summed E-state index contributed by atoms with van der Waals surface area (Å²) < 4.78 is 0. The van der Waals surface area contributed by atoms with Crippen LogP contribution >= 0.6 is 0 Å². The van der Waals surface area contributed by atoms with Crippen LogP contribution in [0.5, 0.6) is 0 Å². The van der Waals surface area contributed by atoms with E-state index < -0.39 is 8.41 Å². The summed E-state index contributed by atoms with van der Waals surface area (Å²) in [6.07, 6.45) is 3.75. The summed E-state index contributed by atoms with van der Waals surface area (Å²) in [5, 5.41) is 3.92. The molecule has 0 saturated carbocycles. The van der Waals surface area contributed by atoms with Gasteiger partial charge < -0.3 is 24.8 Å². The van der Waals surface area contributed by atoms with Gasteiger partial charge in [-0.1, -0.05) is 77.4 Å². The molecule has 1 unspecified atom stereocenters. The molecule has 0 spiro atoms.